The van der Waals surface area contributed by atoms with E-state index in [1.165, 1.54) is 6.42 Å². The van der Waals surface area contributed by atoms with E-state index in [9.17, 15) is 5.11 Å². The van der Waals surface area contributed by atoms with Gasteiger partial charge in [-0.2, -0.15) is 0 Å². The monoisotopic (exact) mass is 357 g/mol. The van der Waals surface area contributed by atoms with Gasteiger partial charge in [-0.25, -0.2) is 0 Å². The zero-order chi connectivity index (χ0) is 15.2. The average molecular weight is 358 g/mol. The number of rotatable bonds is 6. The van der Waals surface area contributed by atoms with Gasteiger partial charge in [0.05, 0.1) is 24.3 Å². The minimum atomic E-state index is -0.230. The van der Waals surface area contributed by atoms with Gasteiger partial charge in [0, 0.05) is 12.6 Å². The topological polar surface area (TPSA) is 50.7 Å². The molecule has 0 spiro atoms. The lowest BCUT2D eigenvalue weighted by Gasteiger charge is -2.28. The van der Waals surface area contributed by atoms with Crippen molar-refractivity contribution in [1.29, 1.82) is 0 Å². The molecule has 0 aromatic heterocycles. The fraction of sp³-hybridized carbons (Fsp3) is 0.625. The Kier molecular flexibility index (Phi) is 6.33. The summed E-state index contributed by atoms with van der Waals surface area (Å²) in [6, 6.07) is 4.21. The summed E-state index contributed by atoms with van der Waals surface area (Å²) in [4.78, 5) is 0. The van der Waals surface area contributed by atoms with Gasteiger partial charge < -0.3 is 19.9 Å². The van der Waals surface area contributed by atoms with Crippen LogP contribution in [0.4, 0.5) is 0 Å². The Morgan fingerprint density at radius 3 is 2.76 bits per heavy atom. The molecular formula is C16H24BrNO3. The number of aliphatic hydroxyl groups is 1. The largest absolute Gasteiger partial charge is 0.493 e. The highest BCUT2D eigenvalue weighted by Crippen LogP contribution is 2.36. The minimum absolute atomic E-state index is 0.190. The Labute approximate surface area is 135 Å². The van der Waals surface area contributed by atoms with Crippen molar-refractivity contribution < 1.29 is 14.6 Å². The van der Waals surface area contributed by atoms with Crippen molar-refractivity contribution in [2.75, 3.05) is 13.7 Å². The number of methoxy groups -OCH3 is 1. The quantitative estimate of drug-likeness (QED) is 0.820. The third-order valence-corrected chi connectivity index (χ3v) is 4.46. The molecule has 2 N–H and O–H groups in total. The molecule has 1 aliphatic carbocycles. The second kappa shape index (κ2) is 8.01. The summed E-state index contributed by atoms with van der Waals surface area (Å²) in [5.41, 5.74) is 1.11. The smallest absolute Gasteiger partial charge is 0.175 e. The molecule has 0 saturated heterocycles. The molecule has 1 fully saturated rings. The van der Waals surface area contributed by atoms with Crippen molar-refractivity contribution >= 4 is 15.9 Å². The highest BCUT2D eigenvalue weighted by molar-refractivity contribution is 9.10. The third kappa shape index (κ3) is 4.34. The van der Waals surface area contributed by atoms with Gasteiger partial charge in [-0.15, -0.1) is 0 Å². The lowest BCUT2D eigenvalue weighted by atomic mass is 9.92. The van der Waals surface area contributed by atoms with E-state index in [4.69, 9.17) is 9.47 Å². The van der Waals surface area contributed by atoms with E-state index in [0.717, 1.165) is 40.8 Å². The summed E-state index contributed by atoms with van der Waals surface area (Å²) in [5.74, 6) is 1.47. The van der Waals surface area contributed by atoms with Gasteiger partial charge in [-0.1, -0.05) is 12.8 Å². The number of benzene rings is 1. The number of nitrogens with one attached hydrogen (secondary N) is 1. The van der Waals surface area contributed by atoms with E-state index >= 15 is 0 Å². The Morgan fingerprint density at radius 1 is 1.33 bits per heavy atom. The molecule has 118 valence electrons. The Morgan fingerprint density at radius 2 is 2.10 bits per heavy atom. The van der Waals surface area contributed by atoms with Crippen molar-refractivity contribution in [2.45, 2.75) is 51.3 Å². The van der Waals surface area contributed by atoms with Gasteiger partial charge in [-0.05, 0) is 53.4 Å². The lowest BCUT2D eigenvalue weighted by Crippen LogP contribution is -2.41. The van der Waals surface area contributed by atoms with E-state index in [1.807, 2.05) is 19.1 Å². The van der Waals surface area contributed by atoms with Crippen molar-refractivity contribution in [1.82, 2.24) is 5.32 Å². The fourth-order valence-electron chi connectivity index (χ4n) is 2.76. The molecule has 0 aliphatic heterocycles. The second-order valence-electron chi connectivity index (χ2n) is 5.38. The fourth-order valence-corrected chi connectivity index (χ4v) is 3.36. The molecule has 1 saturated carbocycles. The first-order valence-corrected chi connectivity index (χ1v) is 8.35. The number of halogens is 1. The average Bonchev–Trinajstić information content (AvgIpc) is 2.48. The van der Waals surface area contributed by atoms with Crippen LogP contribution in [0, 0.1) is 0 Å². The molecule has 0 radical (unpaired) electrons. The van der Waals surface area contributed by atoms with Gasteiger partial charge in [-0.3, -0.25) is 0 Å². The van der Waals surface area contributed by atoms with Crippen LogP contribution in [-0.4, -0.2) is 31.0 Å². The number of ether oxygens (including phenoxy) is 2. The molecule has 4 nitrogen and oxygen atoms in total. The zero-order valence-electron chi connectivity index (χ0n) is 12.7. The highest BCUT2D eigenvalue weighted by atomic mass is 79.9. The van der Waals surface area contributed by atoms with Crippen LogP contribution in [0.2, 0.25) is 0 Å². The molecule has 0 bridgehead atoms. The van der Waals surface area contributed by atoms with E-state index in [2.05, 4.69) is 21.2 Å². The third-order valence-electron chi connectivity index (χ3n) is 3.88. The molecule has 1 aromatic carbocycles. The molecule has 0 heterocycles. The lowest BCUT2D eigenvalue weighted by molar-refractivity contribution is 0.0902. The molecule has 5 heteroatoms. The summed E-state index contributed by atoms with van der Waals surface area (Å²) in [6.07, 6.45) is 4.02. The summed E-state index contributed by atoms with van der Waals surface area (Å²) in [6.45, 7) is 3.26. The minimum Gasteiger partial charge on any atom is -0.493 e. The van der Waals surface area contributed by atoms with E-state index in [0.29, 0.717) is 13.2 Å². The van der Waals surface area contributed by atoms with Gasteiger partial charge in [0.15, 0.2) is 11.5 Å². The molecule has 21 heavy (non-hydrogen) atoms. The standard InChI is InChI=1S/C16H24BrNO3/c1-3-21-16-12(17)8-11(9-15(16)20-2)10-18-13-6-4-5-7-14(13)19/h8-9,13-14,18-19H,3-7,10H2,1-2H3. The summed E-state index contributed by atoms with van der Waals surface area (Å²) < 4.78 is 11.9. The zero-order valence-corrected chi connectivity index (χ0v) is 14.3. The SMILES string of the molecule is CCOc1c(Br)cc(CNC2CCCCC2O)cc1OC. The van der Waals surface area contributed by atoms with E-state index in [1.54, 1.807) is 7.11 Å². The first-order valence-electron chi connectivity index (χ1n) is 7.56. The summed E-state index contributed by atoms with van der Waals surface area (Å²) in [5, 5.41) is 13.5. The van der Waals surface area contributed by atoms with Crippen LogP contribution < -0.4 is 14.8 Å². The molecule has 2 atom stereocenters. The molecule has 1 aromatic rings. The van der Waals surface area contributed by atoms with Gasteiger partial charge in [0.2, 0.25) is 0 Å². The molecule has 1 aliphatic rings. The normalized spacial score (nSPS) is 22.1. The molecular weight excluding hydrogens is 334 g/mol. The molecule has 2 rings (SSSR count). The first-order chi connectivity index (χ1) is 10.2. The van der Waals surface area contributed by atoms with Crippen molar-refractivity contribution in [2.24, 2.45) is 0 Å². The number of hydrogen-bond acceptors (Lipinski definition) is 4. The second-order valence-corrected chi connectivity index (χ2v) is 6.24. The van der Waals surface area contributed by atoms with Crippen LogP contribution in [0.3, 0.4) is 0 Å². The first kappa shape index (κ1) is 16.6. The van der Waals surface area contributed by atoms with Crippen molar-refractivity contribution in [3.8, 4) is 11.5 Å². The van der Waals surface area contributed by atoms with E-state index < -0.39 is 0 Å². The van der Waals surface area contributed by atoms with Gasteiger partial charge in [0.1, 0.15) is 0 Å². The Hall–Kier alpha value is -0.780. The number of hydrogen-bond donors (Lipinski definition) is 2. The summed E-state index contributed by atoms with van der Waals surface area (Å²) in [7, 11) is 1.65. The predicted molar refractivity (Wildman–Crippen MR) is 87.0 cm³/mol. The highest BCUT2D eigenvalue weighted by Gasteiger charge is 2.22. The number of aliphatic hydroxyl groups excluding tert-OH is 1. The van der Waals surface area contributed by atoms with Crippen LogP contribution in [0.15, 0.2) is 16.6 Å². The molecule has 2 unspecified atom stereocenters. The Bertz CT molecular complexity index is 467. The van der Waals surface area contributed by atoms with Crippen molar-refractivity contribution in [3.63, 3.8) is 0 Å². The van der Waals surface area contributed by atoms with Crippen LogP contribution in [0.25, 0.3) is 0 Å². The van der Waals surface area contributed by atoms with Crippen LogP contribution in [0.1, 0.15) is 38.2 Å². The Balaban J connectivity index is 2.04. The van der Waals surface area contributed by atoms with Crippen LogP contribution >= 0.6 is 15.9 Å². The predicted octanol–water partition coefficient (Wildman–Crippen LogP) is 3.25. The van der Waals surface area contributed by atoms with Gasteiger partial charge >= 0.3 is 0 Å². The van der Waals surface area contributed by atoms with Gasteiger partial charge in [0.25, 0.3) is 0 Å². The van der Waals surface area contributed by atoms with Crippen LogP contribution in [0.5, 0.6) is 11.5 Å². The maximum Gasteiger partial charge on any atom is 0.175 e. The maximum absolute atomic E-state index is 10.00. The molecule has 0 amide bonds. The van der Waals surface area contributed by atoms with Crippen LogP contribution in [-0.2, 0) is 6.54 Å². The maximum atomic E-state index is 10.00. The van der Waals surface area contributed by atoms with Crippen molar-refractivity contribution in [3.05, 3.63) is 22.2 Å². The van der Waals surface area contributed by atoms with E-state index in [-0.39, 0.29) is 12.1 Å². The summed E-state index contributed by atoms with van der Waals surface area (Å²) >= 11 is 3.54.